The summed E-state index contributed by atoms with van der Waals surface area (Å²) in [6.07, 6.45) is 2.59. The first-order valence-electron chi connectivity index (χ1n) is 8.79. The zero-order chi connectivity index (χ0) is 16.2. The molecular weight excluding hydrogens is 284 g/mol. The summed E-state index contributed by atoms with van der Waals surface area (Å²) in [7, 11) is 0. The molecule has 2 aromatic rings. The Labute approximate surface area is 139 Å². The summed E-state index contributed by atoms with van der Waals surface area (Å²) in [6, 6.07) is 10.4. The number of aryl methyl sites for hydroxylation is 1. The summed E-state index contributed by atoms with van der Waals surface area (Å²) in [5.41, 5.74) is 4.84. The average molecular weight is 312 g/mol. The lowest BCUT2D eigenvalue weighted by Crippen LogP contribution is -2.47. The Kier molecular flexibility index (Phi) is 5.01. The first-order valence-corrected chi connectivity index (χ1v) is 8.79. The van der Waals surface area contributed by atoms with Gasteiger partial charge in [0.15, 0.2) is 0 Å². The van der Waals surface area contributed by atoms with E-state index in [2.05, 4.69) is 59.5 Å². The normalized spacial score (nSPS) is 16.0. The molecule has 0 spiro atoms. The van der Waals surface area contributed by atoms with E-state index in [0.29, 0.717) is 0 Å². The molecule has 23 heavy (non-hydrogen) atoms. The van der Waals surface area contributed by atoms with Crippen molar-refractivity contribution in [3.8, 4) is 5.69 Å². The average Bonchev–Trinajstić information content (AvgIpc) is 2.89. The Balaban J connectivity index is 1.76. The number of anilines is 1. The molecule has 1 saturated heterocycles. The molecule has 1 aliphatic rings. The standard InChI is InChI=1S/C19H28N4/c1-4-5-11-21-12-14-22(15-13-21)19-16(2)20-23(17(19)3)18-9-7-6-8-10-18/h6-10H,4-5,11-15H2,1-3H3. The molecule has 1 aromatic carbocycles. The van der Waals surface area contributed by atoms with Crippen molar-refractivity contribution in [3.05, 3.63) is 41.7 Å². The second-order valence-corrected chi connectivity index (χ2v) is 6.45. The lowest BCUT2D eigenvalue weighted by Gasteiger charge is -2.36. The first-order chi connectivity index (χ1) is 11.2. The largest absolute Gasteiger partial charge is 0.366 e. The number of aromatic nitrogens is 2. The van der Waals surface area contributed by atoms with Gasteiger partial charge in [-0.2, -0.15) is 5.10 Å². The van der Waals surface area contributed by atoms with Crippen LogP contribution < -0.4 is 4.90 Å². The predicted octanol–water partition coefficient (Wildman–Crippen LogP) is 3.41. The van der Waals surface area contributed by atoms with Crippen molar-refractivity contribution < 1.29 is 0 Å². The number of piperazine rings is 1. The van der Waals surface area contributed by atoms with Gasteiger partial charge in [-0.05, 0) is 38.9 Å². The number of benzene rings is 1. The van der Waals surface area contributed by atoms with E-state index >= 15 is 0 Å². The molecule has 124 valence electrons. The van der Waals surface area contributed by atoms with Gasteiger partial charge in [-0.3, -0.25) is 4.90 Å². The van der Waals surface area contributed by atoms with Gasteiger partial charge in [0, 0.05) is 26.2 Å². The maximum atomic E-state index is 4.79. The van der Waals surface area contributed by atoms with Crippen molar-refractivity contribution in [1.29, 1.82) is 0 Å². The van der Waals surface area contributed by atoms with Crippen molar-refractivity contribution >= 4 is 5.69 Å². The van der Waals surface area contributed by atoms with Crippen molar-refractivity contribution in [2.24, 2.45) is 0 Å². The third-order valence-electron chi connectivity index (χ3n) is 4.77. The molecule has 1 fully saturated rings. The molecule has 1 aliphatic heterocycles. The third kappa shape index (κ3) is 3.42. The molecule has 2 heterocycles. The van der Waals surface area contributed by atoms with Gasteiger partial charge in [0.25, 0.3) is 0 Å². The molecule has 0 radical (unpaired) electrons. The molecule has 0 bridgehead atoms. The number of hydrogen-bond acceptors (Lipinski definition) is 3. The number of hydrogen-bond donors (Lipinski definition) is 0. The molecule has 0 unspecified atom stereocenters. The van der Waals surface area contributed by atoms with Crippen molar-refractivity contribution in [3.63, 3.8) is 0 Å². The minimum atomic E-state index is 1.10. The Hall–Kier alpha value is -1.81. The number of rotatable bonds is 5. The summed E-state index contributed by atoms with van der Waals surface area (Å²) in [5.74, 6) is 0. The Morgan fingerprint density at radius 3 is 2.35 bits per heavy atom. The topological polar surface area (TPSA) is 24.3 Å². The van der Waals surface area contributed by atoms with E-state index in [9.17, 15) is 0 Å². The minimum Gasteiger partial charge on any atom is -0.366 e. The number of nitrogens with zero attached hydrogens (tertiary/aromatic N) is 4. The van der Waals surface area contributed by atoms with Crippen LogP contribution in [0.3, 0.4) is 0 Å². The Bertz CT molecular complexity index is 624. The van der Waals surface area contributed by atoms with Gasteiger partial charge >= 0.3 is 0 Å². The number of para-hydroxylation sites is 1. The van der Waals surface area contributed by atoms with Crippen LogP contribution in [0.2, 0.25) is 0 Å². The molecule has 4 heteroatoms. The van der Waals surface area contributed by atoms with E-state index < -0.39 is 0 Å². The predicted molar refractivity (Wildman–Crippen MR) is 96.6 cm³/mol. The quantitative estimate of drug-likeness (QED) is 0.845. The fraction of sp³-hybridized carbons (Fsp3) is 0.526. The van der Waals surface area contributed by atoms with Crippen LogP contribution in [0.15, 0.2) is 30.3 Å². The molecule has 1 aromatic heterocycles. The highest BCUT2D eigenvalue weighted by molar-refractivity contribution is 5.57. The van der Waals surface area contributed by atoms with Crippen LogP contribution in [0.5, 0.6) is 0 Å². The smallest absolute Gasteiger partial charge is 0.0834 e. The van der Waals surface area contributed by atoms with Gasteiger partial charge in [0.1, 0.15) is 0 Å². The SMILES string of the molecule is CCCCN1CCN(c2c(C)nn(-c3ccccc3)c2C)CC1. The second kappa shape index (κ2) is 7.18. The summed E-state index contributed by atoms with van der Waals surface area (Å²) in [6.45, 7) is 12.4. The van der Waals surface area contributed by atoms with Gasteiger partial charge in [-0.1, -0.05) is 31.5 Å². The van der Waals surface area contributed by atoms with Crippen LogP contribution in [0.4, 0.5) is 5.69 Å². The Morgan fingerprint density at radius 2 is 1.70 bits per heavy atom. The van der Waals surface area contributed by atoms with E-state index in [0.717, 1.165) is 37.6 Å². The van der Waals surface area contributed by atoms with Gasteiger partial charge in [-0.15, -0.1) is 0 Å². The lowest BCUT2D eigenvalue weighted by atomic mass is 10.2. The molecule has 0 N–H and O–H groups in total. The van der Waals surface area contributed by atoms with Crippen LogP contribution in [-0.4, -0.2) is 47.4 Å². The van der Waals surface area contributed by atoms with E-state index in [1.807, 2.05) is 6.07 Å². The van der Waals surface area contributed by atoms with Crippen LogP contribution >= 0.6 is 0 Å². The van der Waals surface area contributed by atoms with Gasteiger partial charge in [0.2, 0.25) is 0 Å². The van der Waals surface area contributed by atoms with Crippen LogP contribution in [-0.2, 0) is 0 Å². The zero-order valence-corrected chi connectivity index (χ0v) is 14.6. The summed E-state index contributed by atoms with van der Waals surface area (Å²) < 4.78 is 2.08. The highest BCUT2D eigenvalue weighted by Crippen LogP contribution is 2.27. The first kappa shape index (κ1) is 16.1. The van der Waals surface area contributed by atoms with Crippen LogP contribution in [0.1, 0.15) is 31.2 Å². The van der Waals surface area contributed by atoms with Crippen molar-refractivity contribution in [2.45, 2.75) is 33.6 Å². The van der Waals surface area contributed by atoms with E-state index in [-0.39, 0.29) is 0 Å². The van der Waals surface area contributed by atoms with Crippen LogP contribution in [0, 0.1) is 13.8 Å². The van der Waals surface area contributed by atoms with E-state index in [4.69, 9.17) is 5.10 Å². The molecule has 4 nitrogen and oxygen atoms in total. The van der Waals surface area contributed by atoms with E-state index in [1.54, 1.807) is 0 Å². The molecule has 3 rings (SSSR count). The van der Waals surface area contributed by atoms with Crippen molar-refractivity contribution in [2.75, 3.05) is 37.6 Å². The molecule has 0 aliphatic carbocycles. The maximum Gasteiger partial charge on any atom is 0.0834 e. The second-order valence-electron chi connectivity index (χ2n) is 6.45. The molecule has 0 atom stereocenters. The van der Waals surface area contributed by atoms with Gasteiger partial charge in [0.05, 0.1) is 22.8 Å². The summed E-state index contributed by atoms with van der Waals surface area (Å²) in [4.78, 5) is 5.10. The molecule has 0 saturated carbocycles. The lowest BCUT2D eigenvalue weighted by molar-refractivity contribution is 0.254. The third-order valence-corrected chi connectivity index (χ3v) is 4.77. The van der Waals surface area contributed by atoms with Crippen LogP contribution in [0.25, 0.3) is 5.69 Å². The van der Waals surface area contributed by atoms with Crippen molar-refractivity contribution in [1.82, 2.24) is 14.7 Å². The summed E-state index contributed by atoms with van der Waals surface area (Å²) in [5, 5.41) is 4.79. The van der Waals surface area contributed by atoms with Gasteiger partial charge in [-0.25, -0.2) is 4.68 Å². The summed E-state index contributed by atoms with van der Waals surface area (Å²) >= 11 is 0. The monoisotopic (exact) mass is 312 g/mol. The maximum absolute atomic E-state index is 4.79. The highest BCUT2D eigenvalue weighted by Gasteiger charge is 2.22. The van der Waals surface area contributed by atoms with Gasteiger partial charge < -0.3 is 4.90 Å². The fourth-order valence-electron chi connectivity index (χ4n) is 3.49. The highest BCUT2D eigenvalue weighted by atomic mass is 15.3. The van der Waals surface area contributed by atoms with E-state index in [1.165, 1.54) is 30.8 Å². The molecule has 0 amide bonds. The Morgan fingerprint density at radius 1 is 1.00 bits per heavy atom. The fourth-order valence-corrected chi connectivity index (χ4v) is 3.49. The minimum absolute atomic E-state index is 1.10. The zero-order valence-electron chi connectivity index (χ0n) is 14.6. The molecular formula is C19H28N4. The number of unbranched alkanes of at least 4 members (excludes halogenated alkanes) is 1.